The average molecular weight is 431 g/mol. The number of hydrogen-bond donors (Lipinski definition) is 1. The van der Waals surface area contributed by atoms with Crippen LogP contribution in [0.3, 0.4) is 0 Å². The second-order valence-corrected chi connectivity index (χ2v) is 7.69. The van der Waals surface area contributed by atoms with E-state index in [9.17, 15) is 0 Å². The highest BCUT2D eigenvalue weighted by Gasteiger charge is 2.23. The molecule has 1 aliphatic carbocycles. The zero-order chi connectivity index (χ0) is 19.1. The lowest BCUT2D eigenvalue weighted by atomic mass is 10.1. The van der Waals surface area contributed by atoms with E-state index in [2.05, 4.69) is 55.5 Å². The molecule has 2 aromatic heterocycles. The average Bonchev–Trinajstić information content (AvgIpc) is 3.31. The molecule has 5 rings (SSSR count). The summed E-state index contributed by atoms with van der Waals surface area (Å²) in [7, 11) is 0. The summed E-state index contributed by atoms with van der Waals surface area (Å²) in [5.41, 5.74) is 4.92. The maximum absolute atomic E-state index is 9.06. The van der Waals surface area contributed by atoms with Crippen molar-refractivity contribution < 1.29 is 0 Å². The fraction of sp³-hybridized carbons (Fsp3) is 0.143. The van der Waals surface area contributed by atoms with Gasteiger partial charge in [-0.2, -0.15) is 5.26 Å². The summed E-state index contributed by atoms with van der Waals surface area (Å²) in [6.45, 7) is 0. The number of fused-ring (bicyclic) bond motifs is 2. The smallest absolute Gasteiger partial charge is 0.159 e. The Hall–Kier alpha value is -3.24. The SMILES string of the molecule is N#Cc1ccc2c(c1)ncn2-c1cncc(NC2CCc3cc(Br)ccc32)n1. The maximum atomic E-state index is 9.06. The molecule has 136 valence electrons. The van der Waals surface area contributed by atoms with Gasteiger partial charge in [-0.15, -0.1) is 0 Å². The highest BCUT2D eigenvalue weighted by atomic mass is 79.9. The van der Waals surface area contributed by atoms with Crippen molar-refractivity contribution in [2.75, 3.05) is 5.32 Å². The van der Waals surface area contributed by atoms with E-state index in [4.69, 9.17) is 10.2 Å². The molecule has 6 nitrogen and oxygen atoms in total. The molecule has 0 saturated heterocycles. The number of hydrogen-bond acceptors (Lipinski definition) is 5. The van der Waals surface area contributed by atoms with Gasteiger partial charge in [0.15, 0.2) is 5.82 Å². The first kappa shape index (κ1) is 16.9. The van der Waals surface area contributed by atoms with Crippen molar-refractivity contribution in [2.45, 2.75) is 18.9 Å². The first-order valence-electron chi connectivity index (χ1n) is 8.96. The summed E-state index contributed by atoms with van der Waals surface area (Å²) in [5, 5.41) is 12.6. The van der Waals surface area contributed by atoms with Gasteiger partial charge in [0.2, 0.25) is 0 Å². The molecule has 2 aromatic carbocycles. The Morgan fingerprint density at radius 3 is 3.00 bits per heavy atom. The molecule has 0 radical (unpaired) electrons. The predicted octanol–water partition coefficient (Wildman–Crippen LogP) is 4.55. The molecule has 1 N–H and O–H groups in total. The van der Waals surface area contributed by atoms with Crippen molar-refractivity contribution in [1.82, 2.24) is 19.5 Å². The number of benzene rings is 2. The van der Waals surface area contributed by atoms with Crippen LogP contribution in [0.5, 0.6) is 0 Å². The maximum Gasteiger partial charge on any atom is 0.159 e. The highest BCUT2D eigenvalue weighted by molar-refractivity contribution is 9.10. The van der Waals surface area contributed by atoms with Crippen LogP contribution in [0, 0.1) is 11.3 Å². The summed E-state index contributed by atoms with van der Waals surface area (Å²) in [6, 6.07) is 14.2. The molecule has 0 spiro atoms. The van der Waals surface area contributed by atoms with Crippen LogP contribution in [0.4, 0.5) is 5.82 Å². The van der Waals surface area contributed by atoms with Crippen LogP contribution in [0.25, 0.3) is 16.9 Å². The monoisotopic (exact) mass is 430 g/mol. The summed E-state index contributed by atoms with van der Waals surface area (Å²) in [6.07, 6.45) is 7.25. The molecule has 0 fully saturated rings. The van der Waals surface area contributed by atoms with E-state index >= 15 is 0 Å². The first-order chi connectivity index (χ1) is 13.7. The van der Waals surface area contributed by atoms with Crippen LogP contribution in [-0.4, -0.2) is 19.5 Å². The van der Waals surface area contributed by atoms with Crippen LogP contribution in [0.15, 0.2) is 59.6 Å². The lowest BCUT2D eigenvalue weighted by Gasteiger charge is -2.15. The summed E-state index contributed by atoms with van der Waals surface area (Å²) in [5.74, 6) is 1.42. The molecule has 2 heterocycles. The van der Waals surface area contributed by atoms with Crippen molar-refractivity contribution in [1.29, 1.82) is 5.26 Å². The molecule has 0 saturated carbocycles. The molecule has 7 heteroatoms. The van der Waals surface area contributed by atoms with E-state index in [0.717, 1.165) is 34.2 Å². The topological polar surface area (TPSA) is 79.4 Å². The van der Waals surface area contributed by atoms with Crippen molar-refractivity contribution >= 4 is 32.8 Å². The summed E-state index contributed by atoms with van der Waals surface area (Å²) >= 11 is 3.54. The van der Waals surface area contributed by atoms with E-state index in [-0.39, 0.29) is 6.04 Å². The lowest BCUT2D eigenvalue weighted by Crippen LogP contribution is -2.10. The Kier molecular flexibility index (Phi) is 4.06. The van der Waals surface area contributed by atoms with Crippen molar-refractivity contribution in [3.8, 4) is 11.9 Å². The minimum absolute atomic E-state index is 0.227. The zero-order valence-electron chi connectivity index (χ0n) is 14.8. The zero-order valence-corrected chi connectivity index (χ0v) is 16.4. The van der Waals surface area contributed by atoms with Crippen LogP contribution in [-0.2, 0) is 6.42 Å². The number of halogens is 1. The van der Waals surface area contributed by atoms with Gasteiger partial charge in [-0.3, -0.25) is 9.55 Å². The van der Waals surface area contributed by atoms with E-state index in [0.29, 0.717) is 11.4 Å². The summed E-state index contributed by atoms with van der Waals surface area (Å²) < 4.78 is 2.99. The number of imidazole rings is 1. The standard InChI is InChI=1S/C21H15BrN6/c22-15-3-4-16-14(8-15)2-5-17(16)26-20-10-24-11-21(27-20)28-12-25-18-7-13(9-23)1-6-19(18)28/h1,3-4,6-8,10-12,17H,2,5H2,(H,26,27). The van der Waals surface area contributed by atoms with Crippen molar-refractivity contribution in [3.05, 3.63) is 76.3 Å². The van der Waals surface area contributed by atoms with Crippen molar-refractivity contribution in [3.63, 3.8) is 0 Å². The predicted molar refractivity (Wildman–Crippen MR) is 110 cm³/mol. The van der Waals surface area contributed by atoms with E-state index in [1.165, 1.54) is 11.1 Å². The minimum Gasteiger partial charge on any atom is -0.362 e. The second kappa shape index (κ2) is 6.73. The van der Waals surface area contributed by atoms with Crippen LogP contribution in [0.2, 0.25) is 0 Å². The third-order valence-electron chi connectivity index (χ3n) is 5.05. The number of nitrogens with zero attached hydrogens (tertiary/aromatic N) is 5. The van der Waals surface area contributed by atoms with Gasteiger partial charge < -0.3 is 5.32 Å². The largest absolute Gasteiger partial charge is 0.362 e. The van der Waals surface area contributed by atoms with Gasteiger partial charge in [0.1, 0.15) is 12.1 Å². The Balaban J connectivity index is 1.46. The van der Waals surface area contributed by atoms with Gasteiger partial charge in [0, 0.05) is 4.47 Å². The Labute approximate surface area is 170 Å². The number of anilines is 1. The van der Waals surface area contributed by atoms with Gasteiger partial charge in [-0.25, -0.2) is 9.97 Å². The number of rotatable bonds is 3. The van der Waals surface area contributed by atoms with Gasteiger partial charge >= 0.3 is 0 Å². The number of aryl methyl sites for hydroxylation is 1. The molecule has 28 heavy (non-hydrogen) atoms. The third kappa shape index (κ3) is 2.92. The van der Waals surface area contributed by atoms with E-state index < -0.39 is 0 Å². The third-order valence-corrected chi connectivity index (χ3v) is 5.54. The van der Waals surface area contributed by atoms with Crippen molar-refractivity contribution in [2.24, 2.45) is 0 Å². The van der Waals surface area contributed by atoms with Gasteiger partial charge in [-0.1, -0.05) is 22.0 Å². The molecule has 0 bridgehead atoms. The fourth-order valence-electron chi connectivity index (χ4n) is 3.72. The van der Waals surface area contributed by atoms with Crippen LogP contribution in [0.1, 0.15) is 29.2 Å². The molecular formula is C21H15BrN6. The van der Waals surface area contributed by atoms with Gasteiger partial charge in [-0.05, 0) is 54.3 Å². The molecule has 0 amide bonds. The Morgan fingerprint density at radius 1 is 1.18 bits per heavy atom. The lowest BCUT2D eigenvalue weighted by molar-refractivity contribution is 0.755. The Morgan fingerprint density at radius 2 is 2.11 bits per heavy atom. The van der Waals surface area contributed by atoms with E-state index in [1.807, 2.05) is 10.6 Å². The molecule has 1 atom stereocenters. The normalized spacial score (nSPS) is 15.4. The molecule has 1 aliphatic rings. The first-order valence-corrected chi connectivity index (χ1v) is 9.75. The fourth-order valence-corrected chi connectivity index (χ4v) is 4.13. The molecule has 1 unspecified atom stereocenters. The number of nitrogens with one attached hydrogen (secondary N) is 1. The number of aromatic nitrogens is 4. The minimum atomic E-state index is 0.227. The van der Waals surface area contributed by atoms with Gasteiger partial charge in [0.25, 0.3) is 0 Å². The van der Waals surface area contributed by atoms with Crippen LogP contribution < -0.4 is 5.32 Å². The number of nitriles is 1. The summed E-state index contributed by atoms with van der Waals surface area (Å²) in [4.78, 5) is 13.5. The molecule has 0 aliphatic heterocycles. The Bertz CT molecular complexity index is 1240. The quantitative estimate of drug-likeness (QED) is 0.515. The van der Waals surface area contributed by atoms with E-state index in [1.54, 1.807) is 30.9 Å². The van der Waals surface area contributed by atoms with Crippen LogP contribution >= 0.6 is 15.9 Å². The highest BCUT2D eigenvalue weighted by Crippen LogP contribution is 2.35. The second-order valence-electron chi connectivity index (χ2n) is 6.77. The molecular weight excluding hydrogens is 416 g/mol. The van der Waals surface area contributed by atoms with Gasteiger partial charge in [0.05, 0.1) is 41.1 Å². The molecule has 4 aromatic rings.